The molecule has 0 bridgehead atoms. The molecule has 0 radical (unpaired) electrons. The number of hydrogen-bond donors (Lipinski definition) is 1. The third kappa shape index (κ3) is 4.00. The number of benzene rings is 2. The van der Waals surface area contributed by atoms with Crippen LogP contribution in [0.2, 0.25) is 0 Å². The SMILES string of the molecule is Cc1cccc(C(=O)Cc2ccc(C)c(Nc3cc(-c4ccoc4)nc4c3C=CC4)c2)c1. The van der Waals surface area contributed by atoms with Crippen LogP contribution < -0.4 is 5.32 Å². The van der Waals surface area contributed by atoms with Gasteiger partial charge in [-0.05, 0) is 49.2 Å². The third-order valence-corrected chi connectivity index (χ3v) is 5.83. The average Bonchev–Trinajstić information content (AvgIpc) is 3.48. The van der Waals surface area contributed by atoms with Crippen LogP contribution in [0.25, 0.3) is 17.3 Å². The molecule has 2 heterocycles. The second-order valence-corrected chi connectivity index (χ2v) is 8.28. The zero-order valence-electron chi connectivity index (χ0n) is 18.2. The number of carbonyl (C=O) groups is 1. The van der Waals surface area contributed by atoms with Crippen LogP contribution in [0.4, 0.5) is 11.4 Å². The molecule has 0 saturated carbocycles. The lowest BCUT2D eigenvalue weighted by Crippen LogP contribution is -2.05. The van der Waals surface area contributed by atoms with Gasteiger partial charge in [-0.3, -0.25) is 9.78 Å². The van der Waals surface area contributed by atoms with Crippen molar-refractivity contribution in [1.29, 1.82) is 0 Å². The Balaban J connectivity index is 1.45. The number of furan rings is 1. The van der Waals surface area contributed by atoms with E-state index < -0.39 is 0 Å². The van der Waals surface area contributed by atoms with E-state index in [0.717, 1.165) is 62.6 Å². The number of pyridine rings is 1. The molecule has 1 aliphatic carbocycles. The summed E-state index contributed by atoms with van der Waals surface area (Å²) in [5.74, 6) is 0.124. The molecule has 0 unspecified atom stereocenters. The Morgan fingerprint density at radius 2 is 1.97 bits per heavy atom. The van der Waals surface area contributed by atoms with Gasteiger partial charge in [0.1, 0.15) is 0 Å². The number of carbonyl (C=O) groups excluding carboxylic acids is 1. The van der Waals surface area contributed by atoms with Crippen molar-refractivity contribution in [3.05, 3.63) is 107 Å². The van der Waals surface area contributed by atoms with Crippen molar-refractivity contribution in [3.63, 3.8) is 0 Å². The van der Waals surface area contributed by atoms with Crippen LogP contribution >= 0.6 is 0 Å². The Morgan fingerprint density at radius 1 is 1.06 bits per heavy atom. The maximum absolute atomic E-state index is 12.8. The first-order valence-electron chi connectivity index (χ1n) is 10.8. The summed E-state index contributed by atoms with van der Waals surface area (Å²) in [4.78, 5) is 17.6. The molecular formula is C28H24N2O2. The molecule has 32 heavy (non-hydrogen) atoms. The standard InChI is InChI=1S/C28H24N2O2/c1-18-5-3-6-21(13-18)28(31)15-20-10-9-19(2)25(14-20)30-27-16-26(22-11-12-32-17-22)29-24-8-4-7-23(24)27/h3-7,9-14,16-17H,8,15H2,1-2H3,(H,29,30). The summed E-state index contributed by atoms with van der Waals surface area (Å²) in [5.41, 5.74) is 9.94. The molecule has 0 fully saturated rings. The predicted octanol–water partition coefficient (Wildman–Crippen LogP) is 6.70. The van der Waals surface area contributed by atoms with Crippen LogP contribution in [-0.2, 0) is 12.8 Å². The second-order valence-electron chi connectivity index (χ2n) is 8.28. The molecule has 158 valence electrons. The fourth-order valence-corrected chi connectivity index (χ4v) is 4.06. The molecule has 1 aliphatic rings. The number of aromatic nitrogens is 1. The minimum Gasteiger partial charge on any atom is -0.472 e. The molecule has 0 spiro atoms. The average molecular weight is 421 g/mol. The lowest BCUT2D eigenvalue weighted by Gasteiger charge is -2.15. The normalized spacial score (nSPS) is 12.1. The van der Waals surface area contributed by atoms with E-state index in [9.17, 15) is 4.79 Å². The van der Waals surface area contributed by atoms with Gasteiger partial charge in [0.2, 0.25) is 0 Å². The fraction of sp³-hybridized carbons (Fsp3) is 0.143. The molecule has 0 aliphatic heterocycles. The second kappa shape index (κ2) is 8.31. The number of aryl methyl sites for hydroxylation is 2. The number of hydrogen-bond acceptors (Lipinski definition) is 4. The molecule has 4 heteroatoms. The van der Waals surface area contributed by atoms with Gasteiger partial charge in [0.25, 0.3) is 0 Å². The Labute approximate surface area is 187 Å². The number of fused-ring (bicyclic) bond motifs is 1. The summed E-state index contributed by atoms with van der Waals surface area (Å²) in [6.45, 7) is 4.08. The summed E-state index contributed by atoms with van der Waals surface area (Å²) in [7, 11) is 0. The molecule has 5 rings (SSSR count). The Morgan fingerprint density at radius 3 is 2.78 bits per heavy atom. The number of rotatable bonds is 6. The lowest BCUT2D eigenvalue weighted by atomic mass is 10.00. The van der Waals surface area contributed by atoms with Gasteiger partial charge in [-0.15, -0.1) is 0 Å². The first-order chi connectivity index (χ1) is 15.6. The topological polar surface area (TPSA) is 55.1 Å². The smallest absolute Gasteiger partial charge is 0.167 e. The van der Waals surface area contributed by atoms with Crippen LogP contribution in [-0.4, -0.2) is 10.8 Å². The molecule has 2 aromatic heterocycles. The van der Waals surface area contributed by atoms with Crippen molar-refractivity contribution < 1.29 is 9.21 Å². The molecule has 0 saturated heterocycles. The number of ketones is 1. The quantitative estimate of drug-likeness (QED) is 0.353. The van der Waals surface area contributed by atoms with Crippen LogP contribution in [0.3, 0.4) is 0 Å². The first kappa shape index (κ1) is 20.0. The van der Waals surface area contributed by atoms with Gasteiger partial charge in [-0.2, -0.15) is 0 Å². The predicted molar refractivity (Wildman–Crippen MR) is 128 cm³/mol. The largest absolute Gasteiger partial charge is 0.472 e. The highest BCUT2D eigenvalue weighted by molar-refractivity contribution is 5.97. The monoisotopic (exact) mass is 420 g/mol. The van der Waals surface area contributed by atoms with E-state index in [-0.39, 0.29) is 5.78 Å². The summed E-state index contributed by atoms with van der Waals surface area (Å²) < 4.78 is 5.25. The molecule has 2 aromatic carbocycles. The fourth-order valence-electron chi connectivity index (χ4n) is 4.06. The minimum atomic E-state index is 0.124. The minimum absolute atomic E-state index is 0.124. The summed E-state index contributed by atoms with van der Waals surface area (Å²) in [6, 6.07) is 17.9. The van der Waals surface area contributed by atoms with Gasteiger partial charge in [0.05, 0.1) is 23.9 Å². The van der Waals surface area contributed by atoms with Crippen LogP contribution in [0.1, 0.15) is 38.3 Å². The third-order valence-electron chi connectivity index (χ3n) is 5.83. The molecular weight excluding hydrogens is 396 g/mol. The molecule has 0 amide bonds. The number of nitrogens with zero attached hydrogens (tertiary/aromatic N) is 1. The van der Waals surface area contributed by atoms with E-state index >= 15 is 0 Å². The molecule has 4 nitrogen and oxygen atoms in total. The van der Waals surface area contributed by atoms with E-state index in [4.69, 9.17) is 9.40 Å². The maximum atomic E-state index is 12.8. The Hall–Kier alpha value is -3.92. The van der Waals surface area contributed by atoms with E-state index in [2.05, 4.69) is 42.6 Å². The van der Waals surface area contributed by atoms with Crippen LogP contribution in [0, 0.1) is 13.8 Å². The number of allylic oxidation sites excluding steroid dienone is 1. The summed E-state index contributed by atoms with van der Waals surface area (Å²) in [5, 5.41) is 3.60. The van der Waals surface area contributed by atoms with Gasteiger partial charge in [0, 0.05) is 40.9 Å². The highest BCUT2D eigenvalue weighted by atomic mass is 16.3. The van der Waals surface area contributed by atoms with Gasteiger partial charge in [-0.25, -0.2) is 0 Å². The summed E-state index contributed by atoms with van der Waals surface area (Å²) in [6.07, 6.45) is 8.81. The van der Waals surface area contributed by atoms with Gasteiger partial charge in [0.15, 0.2) is 5.78 Å². The van der Waals surface area contributed by atoms with E-state index in [1.165, 1.54) is 0 Å². The number of anilines is 2. The molecule has 1 N–H and O–H groups in total. The van der Waals surface area contributed by atoms with Crippen molar-refractivity contribution >= 4 is 23.2 Å². The van der Waals surface area contributed by atoms with E-state index in [1.807, 2.05) is 43.3 Å². The van der Waals surface area contributed by atoms with Crippen molar-refractivity contribution in [2.24, 2.45) is 0 Å². The van der Waals surface area contributed by atoms with Gasteiger partial charge >= 0.3 is 0 Å². The Kier molecular flexibility index (Phi) is 5.20. The van der Waals surface area contributed by atoms with Crippen molar-refractivity contribution in [3.8, 4) is 11.3 Å². The van der Waals surface area contributed by atoms with Gasteiger partial charge in [-0.1, -0.05) is 48.0 Å². The molecule has 4 aromatic rings. The van der Waals surface area contributed by atoms with Crippen molar-refractivity contribution in [1.82, 2.24) is 4.98 Å². The van der Waals surface area contributed by atoms with Crippen LogP contribution in [0.5, 0.6) is 0 Å². The van der Waals surface area contributed by atoms with Crippen LogP contribution in [0.15, 0.2) is 77.6 Å². The first-order valence-corrected chi connectivity index (χ1v) is 10.8. The van der Waals surface area contributed by atoms with Crippen molar-refractivity contribution in [2.45, 2.75) is 26.7 Å². The maximum Gasteiger partial charge on any atom is 0.167 e. The number of nitrogens with one attached hydrogen (secondary N) is 1. The zero-order chi connectivity index (χ0) is 22.1. The summed E-state index contributed by atoms with van der Waals surface area (Å²) >= 11 is 0. The Bertz CT molecular complexity index is 1330. The zero-order valence-corrected chi connectivity index (χ0v) is 18.2. The van der Waals surface area contributed by atoms with E-state index in [0.29, 0.717) is 6.42 Å². The lowest BCUT2D eigenvalue weighted by molar-refractivity contribution is 0.0993. The molecule has 0 atom stereocenters. The number of Topliss-reactive ketones (excluding diaryl/α,β-unsaturated/α-hetero) is 1. The van der Waals surface area contributed by atoms with Crippen molar-refractivity contribution in [2.75, 3.05) is 5.32 Å². The van der Waals surface area contributed by atoms with Gasteiger partial charge < -0.3 is 9.73 Å². The van der Waals surface area contributed by atoms with E-state index in [1.54, 1.807) is 12.5 Å². The highest BCUT2D eigenvalue weighted by Gasteiger charge is 2.16. The highest BCUT2D eigenvalue weighted by Crippen LogP contribution is 2.34.